The predicted octanol–water partition coefficient (Wildman–Crippen LogP) is 4.76. The number of amides is 2. The van der Waals surface area contributed by atoms with E-state index in [0.29, 0.717) is 45.1 Å². The van der Waals surface area contributed by atoms with Gasteiger partial charge in [0.05, 0.1) is 32.0 Å². The number of carbonyl (C=O) groups is 3. The second-order valence-electron chi connectivity index (χ2n) is 9.93. The van der Waals surface area contributed by atoms with Gasteiger partial charge in [0.15, 0.2) is 18.1 Å². The first-order valence-electron chi connectivity index (χ1n) is 14.0. The highest BCUT2D eigenvalue weighted by molar-refractivity contribution is 6.09. The summed E-state index contributed by atoms with van der Waals surface area (Å²) in [5.41, 5.74) is 3.87. The molecule has 2 amide bonds. The summed E-state index contributed by atoms with van der Waals surface area (Å²) in [6.07, 6.45) is -0.956. The summed E-state index contributed by atoms with van der Waals surface area (Å²) in [5.74, 6) is -0.360. The Hall–Kier alpha value is -5.10. The zero-order valence-corrected chi connectivity index (χ0v) is 25.4. The summed E-state index contributed by atoms with van der Waals surface area (Å²) in [7, 11) is 1.21. The van der Waals surface area contributed by atoms with Crippen LogP contribution in [0.25, 0.3) is 0 Å². The van der Waals surface area contributed by atoms with Gasteiger partial charge >= 0.3 is 12.1 Å². The number of aryl methyl sites for hydroxylation is 1. The lowest BCUT2D eigenvalue weighted by atomic mass is 10.1. The molecular weight excluding hydrogens is 568 g/mol. The number of aliphatic hydroxyl groups is 1. The maximum absolute atomic E-state index is 13.4. The summed E-state index contributed by atoms with van der Waals surface area (Å²) in [4.78, 5) is 36.8. The minimum atomic E-state index is -0.753. The van der Waals surface area contributed by atoms with E-state index in [-0.39, 0.29) is 44.2 Å². The van der Waals surface area contributed by atoms with E-state index in [1.807, 2.05) is 26.8 Å². The Morgan fingerprint density at radius 3 is 2.39 bits per heavy atom. The van der Waals surface area contributed by atoms with Crippen LogP contribution in [0.5, 0.6) is 11.5 Å². The number of methoxy groups -OCH3 is 1. The monoisotopic (exact) mass is 606 g/mol. The van der Waals surface area contributed by atoms with Gasteiger partial charge in [-0.2, -0.15) is 0 Å². The van der Waals surface area contributed by atoms with E-state index < -0.39 is 12.1 Å². The molecule has 3 rings (SSSR count). The molecule has 0 aliphatic rings. The van der Waals surface area contributed by atoms with E-state index in [1.54, 1.807) is 55.5 Å². The smallest absolute Gasteiger partial charge is 0.412 e. The molecule has 0 saturated carbocycles. The first-order valence-corrected chi connectivity index (χ1v) is 14.0. The summed E-state index contributed by atoms with van der Waals surface area (Å²) in [6.45, 7) is 7.11. The molecule has 12 heteroatoms. The molecule has 0 heterocycles. The van der Waals surface area contributed by atoms with Crippen molar-refractivity contribution >= 4 is 35.2 Å². The molecule has 0 spiro atoms. The minimum Gasteiger partial charge on any atom is -0.487 e. The first kappa shape index (κ1) is 33.4. The van der Waals surface area contributed by atoms with E-state index in [2.05, 4.69) is 20.7 Å². The van der Waals surface area contributed by atoms with Gasteiger partial charge in [-0.1, -0.05) is 11.6 Å². The molecule has 0 aromatic heterocycles. The number of hydrogen-bond acceptors (Lipinski definition) is 10. The van der Waals surface area contributed by atoms with Gasteiger partial charge in [-0.05, 0) is 81.8 Å². The second kappa shape index (κ2) is 15.9. The number of benzene rings is 3. The number of hydrogen-bond donors (Lipinski definition) is 5. The van der Waals surface area contributed by atoms with Crippen molar-refractivity contribution in [3.8, 4) is 11.5 Å². The number of ether oxygens (including phenoxy) is 4. The highest BCUT2D eigenvalue weighted by Gasteiger charge is 2.19. The fraction of sp³-hybridized carbons (Fsp3) is 0.312. The molecule has 12 nitrogen and oxygen atoms in total. The normalized spacial score (nSPS) is 10.5. The fourth-order valence-electron chi connectivity index (χ4n) is 4.12. The Bertz CT molecular complexity index is 1490. The molecule has 0 fully saturated rings. The molecule has 234 valence electrons. The van der Waals surface area contributed by atoms with E-state index in [9.17, 15) is 19.5 Å². The van der Waals surface area contributed by atoms with Crippen molar-refractivity contribution in [2.75, 3.05) is 31.0 Å². The molecular formula is C32H38N4O8. The zero-order valence-electron chi connectivity index (χ0n) is 25.4. The number of nitrogens with one attached hydrogen (secondary N) is 4. The molecule has 0 bridgehead atoms. The third-order valence-electron chi connectivity index (χ3n) is 6.11. The molecule has 3 aromatic rings. The van der Waals surface area contributed by atoms with E-state index in [1.165, 1.54) is 7.11 Å². The lowest BCUT2D eigenvalue weighted by molar-refractivity contribution is -0.145. The van der Waals surface area contributed by atoms with Gasteiger partial charge in [0.25, 0.3) is 5.91 Å². The Morgan fingerprint density at radius 1 is 1.02 bits per heavy atom. The van der Waals surface area contributed by atoms with Crippen LogP contribution < -0.4 is 25.4 Å². The van der Waals surface area contributed by atoms with Gasteiger partial charge in [0.1, 0.15) is 5.84 Å². The van der Waals surface area contributed by atoms with Crippen molar-refractivity contribution in [3.63, 3.8) is 0 Å². The van der Waals surface area contributed by atoms with E-state index in [0.717, 1.165) is 5.56 Å². The Kier molecular flexibility index (Phi) is 12.1. The Morgan fingerprint density at radius 2 is 1.75 bits per heavy atom. The van der Waals surface area contributed by atoms with Crippen molar-refractivity contribution in [1.82, 2.24) is 5.32 Å². The topological polar surface area (TPSA) is 168 Å². The van der Waals surface area contributed by atoms with Crippen LogP contribution in [0.2, 0.25) is 0 Å². The summed E-state index contributed by atoms with van der Waals surface area (Å²) in [6, 6.07) is 15.2. The minimum absolute atomic E-state index is 0.141. The largest absolute Gasteiger partial charge is 0.487 e. The standard InChI is InChI=1S/C32H38N4O8/c1-6-42-28(38)18-43-29-23(14-21(17-37)15-27(29)44-19(2)3)16-34-26-12-7-20(4)13-25(26)31(39)35-24-10-8-22(9-11-24)30(33)36-32(40)41-5/h7-15,19,34,37H,6,16-18H2,1-5H3,(H,35,39)(H2,33,36,40). The molecule has 44 heavy (non-hydrogen) atoms. The van der Waals surface area contributed by atoms with Crippen LogP contribution in [-0.2, 0) is 27.4 Å². The summed E-state index contributed by atoms with van der Waals surface area (Å²) in [5, 5.41) is 26.3. The Labute approximate surface area is 256 Å². The van der Waals surface area contributed by atoms with Crippen LogP contribution in [0, 0.1) is 12.3 Å². The van der Waals surface area contributed by atoms with Gasteiger partial charge in [-0.3, -0.25) is 15.5 Å². The number of esters is 1. The zero-order chi connectivity index (χ0) is 32.2. The first-order chi connectivity index (χ1) is 21.0. The van der Waals surface area contributed by atoms with Crippen molar-refractivity contribution < 1.29 is 38.4 Å². The molecule has 0 atom stereocenters. The number of anilines is 2. The maximum atomic E-state index is 13.4. The number of alkyl carbamates (subject to hydrolysis) is 1. The highest BCUT2D eigenvalue weighted by atomic mass is 16.6. The fourth-order valence-corrected chi connectivity index (χ4v) is 4.12. The lowest BCUT2D eigenvalue weighted by Crippen LogP contribution is -2.30. The number of rotatable bonds is 13. The SMILES string of the molecule is CCOC(=O)COc1c(CNc2ccc(C)cc2C(=O)Nc2ccc(C(=N)NC(=O)OC)cc2)cc(CO)cc1OC(C)C. The van der Waals surface area contributed by atoms with Crippen LogP contribution in [0.15, 0.2) is 54.6 Å². The molecule has 0 aliphatic carbocycles. The van der Waals surface area contributed by atoms with Crippen LogP contribution in [-0.4, -0.2) is 55.3 Å². The van der Waals surface area contributed by atoms with Gasteiger partial charge in [-0.15, -0.1) is 0 Å². The van der Waals surface area contributed by atoms with E-state index >= 15 is 0 Å². The number of carbonyl (C=O) groups excluding carboxylic acids is 3. The molecule has 0 radical (unpaired) electrons. The van der Waals surface area contributed by atoms with Gasteiger partial charge < -0.3 is 34.7 Å². The highest BCUT2D eigenvalue weighted by Crippen LogP contribution is 2.35. The summed E-state index contributed by atoms with van der Waals surface area (Å²) >= 11 is 0. The van der Waals surface area contributed by atoms with Gasteiger partial charge in [0.2, 0.25) is 0 Å². The van der Waals surface area contributed by atoms with E-state index in [4.69, 9.17) is 19.6 Å². The third-order valence-corrected chi connectivity index (χ3v) is 6.11. The quantitative estimate of drug-likeness (QED) is 0.105. The number of aliphatic hydroxyl groups excluding tert-OH is 1. The van der Waals surface area contributed by atoms with Gasteiger partial charge in [-0.25, -0.2) is 9.59 Å². The maximum Gasteiger partial charge on any atom is 0.412 e. The lowest BCUT2D eigenvalue weighted by Gasteiger charge is -2.20. The van der Waals surface area contributed by atoms with Crippen molar-refractivity contribution in [1.29, 1.82) is 5.41 Å². The Balaban J connectivity index is 1.84. The van der Waals surface area contributed by atoms with Crippen molar-refractivity contribution in [2.24, 2.45) is 0 Å². The van der Waals surface area contributed by atoms with Crippen molar-refractivity contribution in [2.45, 2.75) is 47.0 Å². The molecule has 0 saturated heterocycles. The van der Waals surface area contributed by atoms with Crippen LogP contribution in [0.1, 0.15) is 53.4 Å². The number of amidine groups is 1. The van der Waals surface area contributed by atoms with Crippen molar-refractivity contribution in [3.05, 3.63) is 82.4 Å². The average Bonchev–Trinajstić information content (AvgIpc) is 2.99. The van der Waals surface area contributed by atoms with Crippen LogP contribution in [0.3, 0.4) is 0 Å². The molecule has 3 aromatic carbocycles. The predicted molar refractivity (Wildman–Crippen MR) is 166 cm³/mol. The molecule has 0 unspecified atom stereocenters. The molecule has 0 aliphatic heterocycles. The van der Waals surface area contributed by atoms with Crippen LogP contribution >= 0.6 is 0 Å². The molecule has 5 N–H and O–H groups in total. The third kappa shape index (κ3) is 9.46. The van der Waals surface area contributed by atoms with Gasteiger partial charge in [0, 0.05) is 29.0 Å². The van der Waals surface area contributed by atoms with Crippen LogP contribution in [0.4, 0.5) is 16.2 Å². The average molecular weight is 607 g/mol. The second-order valence-corrected chi connectivity index (χ2v) is 9.93. The summed E-state index contributed by atoms with van der Waals surface area (Å²) < 4.78 is 21.3.